The number of hydrogen-bond donors (Lipinski definition) is 4. The molecule has 10 nitrogen and oxygen atoms in total. The van der Waals surface area contributed by atoms with E-state index in [2.05, 4.69) is 10.6 Å². The molecule has 0 spiro atoms. The molecule has 3 unspecified atom stereocenters. The van der Waals surface area contributed by atoms with E-state index < -0.39 is 48.7 Å². The lowest BCUT2D eigenvalue weighted by molar-refractivity contribution is -0.137. The van der Waals surface area contributed by atoms with E-state index in [1.807, 2.05) is 6.92 Å². The molecule has 1 aliphatic rings. The molecule has 0 radical (unpaired) electrons. The average molecular weight is 506 g/mol. The highest BCUT2D eigenvalue weighted by Crippen LogP contribution is 2.28. The molecule has 1 saturated heterocycles. The van der Waals surface area contributed by atoms with Gasteiger partial charge in [-0.3, -0.25) is 9.59 Å². The van der Waals surface area contributed by atoms with Gasteiger partial charge in [0, 0.05) is 7.11 Å². The Bertz CT molecular complexity index is 1080. The molecule has 0 aliphatic carbocycles. The molecule has 1 fully saturated rings. The Morgan fingerprint density at radius 2 is 1.91 bits per heavy atom. The fourth-order valence-electron chi connectivity index (χ4n) is 3.58. The number of rotatable bonds is 10. The molecule has 0 aromatic heterocycles. The highest BCUT2D eigenvalue weighted by molar-refractivity contribution is 6.33. The Balaban J connectivity index is 1.79. The Kier molecular flexibility index (Phi) is 8.68. The van der Waals surface area contributed by atoms with Gasteiger partial charge in [-0.05, 0) is 49.2 Å². The van der Waals surface area contributed by atoms with Gasteiger partial charge in [-0.25, -0.2) is 9.69 Å². The maximum Gasteiger partial charge on any atom is 0.325 e. The number of aryl methyl sites for hydroxylation is 1. The van der Waals surface area contributed by atoms with Crippen molar-refractivity contribution >= 4 is 35.1 Å². The number of ether oxygens (including phenoxy) is 2. The second-order valence-electron chi connectivity index (χ2n) is 8.17. The summed E-state index contributed by atoms with van der Waals surface area (Å²) >= 11 is 6.23. The SMILES string of the molecule is COC(C)C(C(=O)Nc1ccc(C)cc1Cl)N1C(=O)N[C@H](c2ccc(OCC(O)CO)cc2)C1=O. The number of amides is 4. The molecule has 4 amide bonds. The highest BCUT2D eigenvalue weighted by Gasteiger charge is 2.47. The van der Waals surface area contributed by atoms with Gasteiger partial charge in [0.2, 0.25) is 5.91 Å². The van der Waals surface area contributed by atoms with Crippen molar-refractivity contribution in [1.29, 1.82) is 0 Å². The first-order chi connectivity index (χ1) is 16.7. The zero-order valence-electron chi connectivity index (χ0n) is 19.5. The molecular formula is C24H28ClN3O7. The second-order valence-corrected chi connectivity index (χ2v) is 8.57. The van der Waals surface area contributed by atoms with E-state index in [0.29, 0.717) is 22.0 Å². The van der Waals surface area contributed by atoms with Crippen LogP contribution >= 0.6 is 11.6 Å². The summed E-state index contributed by atoms with van der Waals surface area (Å²) in [5, 5.41) is 23.9. The summed E-state index contributed by atoms with van der Waals surface area (Å²) in [5.74, 6) is -0.825. The first-order valence-electron chi connectivity index (χ1n) is 10.9. The van der Waals surface area contributed by atoms with Crippen LogP contribution in [0, 0.1) is 6.92 Å². The molecule has 2 aromatic carbocycles. The van der Waals surface area contributed by atoms with Crippen LogP contribution in [0.5, 0.6) is 5.75 Å². The number of imide groups is 1. The quantitative estimate of drug-likeness (QED) is 0.362. The van der Waals surface area contributed by atoms with Gasteiger partial charge in [0.05, 0.1) is 23.4 Å². The molecule has 3 rings (SSSR count). The van der Waals surface area contributed by atoms with Crippen molar-refractivity contribution in [2.45, 2.75) is 38.1 Å². The van der Waals surface area contributed by atoms with E-state index in [0.717, 1.165) is 10.5 Å². The molecular weight excluding hydrogens is 478 g/mol. The van der Waals surface area contributed by atoms with E-state index >= 15 is 0 Å². The van der Waals surface area contributed by atoms with Gasteiger partial charge in [-0.1, -0.05) is 29.8 Å². The Hall–Kier alpha value is -3.18. The molecule has 11 heteroatoms. The van der Waals surface area contributed by atoms with Crippen molar-refractivity contribution in [1.82, 2.24) is 10.2 Å². The van der Waals surface area contributed by atoms with Gasteiger partial charge in [-0.15, -0.1) is 0 Å². The summed E-state index contributed by atoms with van der Waals surface area (Å²) in [6.07, 6.45) is -1.82. The first kappa shape index (κ1) is 26.4. The van der Waals surface area contributed by atoms with Gasteiger partial charge in [-0.2, -0.15) is 0 Å². The van der Waals surface area contributed by atoms with Crippen LogP contribution < -0.4 is 15.4 Å². The van der Waals surface area contributed by atoms with Crippen LogP contribution in [0.15, 0.2) is 42.5 Å². The fraction of sp³-hybridized carbons (Fsp3) is 0.375. The van der Waals surface area contributed by atoms with Gasteiger partial charge in [0.25, 0.3) is 5.91 Å². The average Bonchev–Trinajstić information content (AvgIpc) is 3.13. The molecule has 0 bridgehead atoms. The first-order valence-corrected chi connectivity index (χ1v) is 11.3. The van der Waals surface area contributed by atoms with Gasteiger partial charge >= 0.3 is 6.03 Å². The van der Waals surface area contributed by atoms with Crippen LogP contribution in [0.2, 0.25) is 5.02 Å². The zero-order chi connectivity index (χ0) is 25.7. The minimum Gasteiger partial charge on any atom is -0.491 e. The summed E-state index contributed by atoms with van der Waals surface area (Å²) in [6, 6.07) is 8.44. The molecule has 4 atom stereocenters. The maximum atomic E-state index is 13.3. The highest BCUT2D eigenvalue weighted by atomic mass is 35.5. The summed E-state index contributed by atoms with van der Waals surface area (Å²) < 4.78 is 10.7. The predicted octanol–water partition coefficient (Wildman–Crippen LogP) is 2.02. The van der Waals surface area contributed by atoms with E-state index in [1.54, 1.807) is 49.4 Å². The van der Waals surface area contributed by atoms with Gasteiger partial charge in [0.15, 0.2) is 0 Å². The smallest absolute Gasteiger partial charge is 0.325 e. The van der Waals surface area contributed by atoms with Crippen LogP contribution in [-0.2, 0) is 14.3 Å². The van der Waals surface area contributed by atoms with Crippen molar-refractivity contribution < 1.29 is 34.1 Å². The normalized spacial score (nSPS) is 18.1. The summed E-state index contributed by atoms with van der Waals surface area (Å²) in [5.41, 5.74) is 1.74. The molecule has 2 aromatic rings. The molecule has 1 aliphatic heterocycles. The van der Waals surface area contributed by atoms with Crippen molar-refractivity contribution in [3.63, 3.8) is 0 Å². The van der Waals surface area contributed by atoms with Crippen molar-refractivity contribution in [3.8, 4) is 5.75 Å². The summed E-state index contributed by atoms with van der Waals surface area (Å²) in [6.45, 7) is 2.92. The van der Waals surface area contributed by atoms with Crippen molar-refractivity contribution in [2.24, 2.45) is 0 Å². The predicted molar refractivity (Wildman–Crippen MR) is 128 cm³/mol. The summed E-state index contributed by atoms with van der Waals surface area (Å²) in [7, 11) is 1.38. The number of anilines is 1. The minimum atomic E-state index is -1.25. The number of nitrogens with zero attached hydrogens (tertiary/aromatic N) is 1. The van der Waals surface area contributed by atoms with E-state index in [4.69, 9.17) is 26.2 Å². The monoisotopic (exact) mass is 505 g/mol. The largest absolute Gasteiger partial charge is 0.491 e. The Morgan fingerprint density at radius 1 is 1.23 bits per heavy atom. The number of aliphatic hydroxyl groups excluding tert-OH is 2. The van der Waals surface area contributed by atoms with Crippen LogP contribution in [0.3, 0.4) is 0 Å². The third-order valence-corrected chi connectivity index (χ3v) is 5.90. The molecule has 0 saturated carbocycles. The number of carbonyl (C=O) groups excluding carboxylic acids is 3. The Labute approximate surface area is 207 Å². The fourth-order valence-corrected chi connectivity index (χ4v) is 3.86. The number of carbonyl (C=O) groups is 3. The lowest BCUT2D eigenvalue weighted by atomic mass is 10.0. The number of urea groups is 1. The maximum absolute atomic E-state index is 13.3. The number of halogens is 1. The van der Waals surface area contributed by atoms with E-state index in [-0.39, 0.29) is 6.61 Å². The van der Waals surface area contributed by atoms with Crippen molar-refractivity contribution in [2.75, 3.05) is 25.6 Å². The third-order valence-electron chi connectivity index (χ3n) is 5.58. The second kappa shape index (κ2) is 11.5. The number of nitrogens with one attached hydrogen (secondary N) is 2. The topological polar surface area (TPSA) is 137 Å². The minimum absolute atomic E-state index is 0.0978. The molecule has 4 N–H and O–H groups in total. The van der Waals surface area contributed by atoms with Crippen molar-refractivity contribution in [3.05, 3.63) is 58.6 Å². The number of hydrogen-bond acceptors (Lipinski definition) is 7. The molecule has 35 heavy (non-hydrogen) atoms. The standard InChI is InChI=1S/C24H28ClN3O7/c1-13-4-9-19(18(25)10-13)26-22(31)21(14(2)34-3)28-23(32)20(27-24(28)33)15-5-7-17(8-6-15)35-12-16(30)11-29/h4-10,14,16,20-21,29-30H,11-12H2,1-3H3,(H,26,31)(H,27,33)/t14?,16?,20-,21?/m1/s1. The van der Waals surface area contributed by atoms with Crippen LogP contribution in [0.4, 0.5) is 10.5 Å². The number of benzene rings is 2. The zero-order valence-corrected chi connectivity index (χ0v) is 20.3. The third kappa shape index (κ3) is 6.09. The van der Waals surface area contributed by atoms with E-state index in [9.17, 15) is 19.5 Å². The van der Waals surface area contributed by atoms with Crippen LogP contribution in [0.25, 0.3) is 0 Å². The van der Waals surface area contributed by atoms with Crippen LogP contribution in [0.1, 0.15) is 24.1 Å². The lowest BCUT2D eigenvalue weighted by Gasteiger charge is -2.28. The molecule has 188 valence electrons. The number of aliphatic hydroxyl groups is 2. The lowest BCUT2D eigenvalue weighted by Crippen LogP contribution is -2.53. The van der Waals surface area contributed by atoms with Crippen LogP contribution in [-0.4, -0.2) is 71.5 Å². The Morgan fingerprint density at radius 3 is 2.51 bits per heavy atom. The molecule has 1 heterocycles. The van der Waals surface area contributed by atoms with Gasteiger partial charge < -0.3 is 30.3 Å². The van der Waals surface area contributed by atoms with Gasteiger partial charge in [0.1, 0.15) is 30.5 Å². The summed E-state index contributed by atoms with van der Waals surface area (Å²) in [4.78, 5) is 40.2. The number of methoxy groups -OCH3 is 1. The van der Waals surface area contributed by atoms with E-state index in [1.165, 1.54) is 7.11 Å².